The van der Waals surface area contributed by atoms with Gasteiger partial charge in [-0.15, -0.1) is 0 Å². The maximum absolute atomic E-state index is 12.1. The fourth-order valence-corrected chi connectivity index (χ4v) is 2.19. The highest BCUT2D eigenvalue weighted by Gasteiger charge is 2.23. The molecular weight excluding hydrogens is 336 g/mol. The molecule has 24 heavy (non-hydrogen) atoms. The number of rotatable bonds is 5. The third kappa shape index (κ3) is 4.26. The number of nitrogens with zero attached hydrogens (tertiary/aromatic N) is 2. The number of nitro groups is 1. The molecule has 0 unspecified atom stereocenters. The molecule has 9 heteroatoms. The van der Waals surface area contributed by atoms with Gasteiger partial charge in [0.15, 0.2) is 0 Å². The predicted octanol–water partition coefficient (Wildman–Crippen LogP) is 2.32. The number of aromatic nitrogens is 1. The van der Waals surface area contributed by atoms with E-state index in [2.05, 4.69) is 15.6 Å². The number of amides is 2. The van der Waals surface area contributed by atoms with Crippen LogP contribution in [0.1, 0.15) is 16.1 Å². The summed E-state index contributed by atoms with van der Waals surface area (Å²) in [6.45, 7) is 1.39. The molecule has 0 fully saturated rings. The van der Waals surface area contributed by atoms with E-state index < -0.39 is 22.4 Å². The number of carbonyl (C=O) groups is 2. The molecule has 1 heterocycles. The van der Waals surface area contributed by atoms with Crippen molar-refractivity contribution in [1.82, 2.24) is 10.3 Å². The van der Waals surface area contributed by atoms with E-state index in [0.29, 0.717) is 5.82 Å². The zero-order valence-corrected chi connectivity index (χ0v) is 13.3. The van der Waals surface area contributed by atoms with E-state index in [-0.39, 0.29) is 17.1 Å². The monoisotopic (exact) mass is 348 g/mol. The topological polar surface area (TPSA) is 114 Å². The Labute approximate surface area is 142 Å². The summed E-state index contributed by atoms with van der Waals surface area (Å²) in [6, 6.07) is 8.99. The van der Waals surface area contributed by atoms with Crippen LogP contribution in [0.5, 0.6) is 0 Å². The van der Waals surface area contributed by atoms with Gasteiger partial charge in [-0.25, -0.2) is 4.98 Å². The molecule has 0 bridgehead atoms. The van der Waals surface area contributed by atoms with Crippen molar-refractivity contribution in [3.8, 4) is 0 Å². The smallest absolute Gasteiger partial charge is 0.283 e. The fraction of sp³-hybridized carbons (Fsp3) is 0.133. The first-order valence-electron chi connectivity index (χ1n) is 6.83. The number of hydrogen-bond donors (Lipinski definition) is 2. The summed E-state index contributed by atoms with van der Waals surface area (Å²) in [7, 11) is 0. The number of nitro benzene ring substituents is 1. The van der Waals surface area contributed by atoms with Gasteiger partial charge in [-0.3, -0.25) is 19.7 Å². The molecule has 8 nitrogen and oxygen atoms in total. The van der Waals surface area contributed by atoms with Crippen LogP contribution in [0, 0.1) is 17.0 Å². The number of benzene rings is 1. The molecule has 0 aliphatic rings. The maximum atomic E-state index is 12.1. The van der Waals surface area contributed by atoms with Gasteiger partial charge in [0.25, 0.3) is 11.6 Å². The van der Waals surface area contributed by atoms with Crippen LogP contribution in [0.15, 0.2) is 36.4 Å². The molecule has 0 aliphatic heterocycles. The van der Waals surface area contributed by atoms with Gasteiger partial charge in [-0.2, -0.15) is 0 Å². The lowest BCUT2D eigenvalue weighted by Gasteiger charge is -2.08. The van der Waals surface area contributed by atoms with Crippen molar-refractivity contribution in [3.63, 3.8) is 0 Å². The van der Waals surface area contributed by atoms with Gasteiger partial charge in [0.05, 0.1) is 16.5 Å². The van der Waals surface area contributed by atoms with Gasteiger partial charge in [-0.1, -0.05) is 23.7 Å². The molecule has 0 aliphatic carbocycles. The fourth-order valence-electron chi connectivity index (χ4n) is 1.94. The highest BCUT2D eigenvalue weighted by Crippen LogP contribution is 2.25. The quantitative estimate of drug-likeness (QED) is 0.635. The molecule has 1 aromatic heterocycles. The van der Waals surface area contributed by atoms with Gasteiger partial charge >= 0.3 is 0 Å². The highest BCUT2D eigenvalue weighted by molar-refractivity contribution is 6.34. The number of anilines is 1. The number of pyridine rings is 1. The maximum Gasteiger partial charge on any atom is 0.283 e. The van der Waals surface area contributed by atoms with Crippen molar-refractivity contribution in [1.29, 1.82) is 0 Å². The van der Waals surface area contributed by atoms with Gasteiger partial charge < -0.3 is 10.6 Å². The zero-order chi connectivity index (χ0) is 17.7. The molecule has 0 radical (unpaired) electrons. The Balaban J connectivity index is 2.03. The second-order valence-electron chi connectivity index (χ2n) is 4.79. The van der Waals surface area contributed by atoms with Gasteiger partial charge in [-0.05, 0) is 25.1 Å². The molecule has 2 aromatic rings. The molecule has 0 atom stereocenters. The summed E-state index contributed by atoms with van der Waals surface area (Å²) in [5.41, 5.74) is 0.00920. The lowest BCUT2D eigenvalue weighted by molar-refractivity contribution is -0.385. The molecule has 0 spiro atoms. The Bertz CT molecular complexity index is 810. The Hall–Kier alpha value is -3.00. The Morgan fingerprint density at radius 2 is 1.96 bits per heavy atom. The minimum Gasteiger partial charge on any atom is -0.343 e. The summed E-state index contributed by atoms with van der Waals surface area (Å²) in [4.78, 5) is 38.3. The second kappa shape index (κ2) is 7.51. The SMILES string of the molecule is Cc1cccc(NC(=O)CNC(=O)c2c(Cl)cccc2[N+](=O)[O-])n1. The van der Waals surface area contributed by atoms with Crippen molar-refractivity contribution in [2.24, 2.45) is 0 Å². The van der Waals surface area contributed by atoms with Gasteiger partial charge in [0, 0.05) is 11.8 Å². The van der Waals surface area contributed by atoms with Crippen LogP contribution < -0.4 is 10.6 Å². The number of nitrogens with one attached hydrogen (secondary N) is 2. The predicted molar refractivity (Wildman–Crippen MR) is 88.0 cm³/mol. The van der Waals surface area contributed by atoms with Crippen molar-refractivity contribution in [3.05, 3.63) is 62.8 Å². The molecule has 0 saturated carbocycles. The van der Waals surface area contributed by atoms with E-state index in [9.17, 15) is 19.7 Å². The van der Waals surface area contributed by atoms with Crippen LogP contribution in [0.3, 0.4) is 0 Å². The largest absolute Gasteiger partial charge is 0.343 e. The third-order valence-corrected chi connectivity index (χ3v) is 3.30. The average Bonchev–Trinajstić information content (AvgIpc) is 2.52. The standard InChI is InChI=1S/C15H13ClN4O4/c1-9-4-2-7-12(18-9)19-13(21)8-17-15(22)14-10(16)5-3-6-11(14)20(23)24/h2-7H,8H2,1H3,(H,17,22)(H,18,19,21). The number of carbonyl (C=O) groups excluding carboxylic acids is 2. The first-order chi connectivity index (χ1) is 11.4. The van der Waals surface area contributed by atoms with E-state index in [0.717, 1.165) is 11.8 Å². The molecule has 0 saturated heterocycles. The number of halogens is 1. The van der Waals surface area contributed by atoms with Crippen molar-refractivity contribution in [2.45, 2.75) is 6.92 Å². The van der Waals surface area contributed by atoms with E-state index in [4.69, 9.17) is 11.6 Å². The molecule has 2 N–H and O–H groups in total. The molecule has 124 valence electrons. The Morgan fingerprint density at radius 3 is 2.62 bits per heavy atom. The first-order valence-corrected chi connectivity index (χ1v) is 7.21. The Kier molecular flexibility index (Phi) is 5.43. The van der Waals surface area contributed by atoms with Crippen LogP contribution in [0.4, 0.5) is 11.5 Å². The summed E-state index contributed by atoms with van der Waals surface area (Å²) >= 11 is 5.86. The highest BCUT2D eigenvalue weighted by atomic mass is 35.5. The average molecular weight is 349 g/mol. The third-order valence-electron chi connectivity index (χ3n) is 2.98. The lowest BCUT2D eigenvalue weighted by Crippen LogP contribution is -2.33. The van der Waals surface area contributed by atoms with Crippen LogP contribution in [-0.2, 0) is 4.79 Å². The van der Waals surface area contributed by atoms with Crippen LogP contribution in [0.2, 0.25) is 5.02 Å². The van der Waals surface area contributed by atoms with Gasteiger partial charge in [0.1, 0.15) is 11.4 Å². The first kappa shape index (κ1) is 17.4. The van der Waals surface area contributed by atoms with E-state index >= 15 is 0 Å². The van der Waals surface area contributed by atoms with Gasteiger partial charge in [0.2, 0.25) is 5.91 Å². The summed E-state index contributed by atoms with van der Waals surface area (Å²) < 4.78 is 0. The van der Waals surface area contributed by atoms with Crippen molar-refractivity contribution >= 4 is 34.9 Å². The number of aryl methyl sites for hydroxylation is 1. The minimum absolute atomic E-state index is 0.0672. The van der Waals surface area contributed by atoms with E-state index in [1.54, 1.807) is 25.1 Å². The van der Waals surface area contributed by atoms with Crippen LogP contribution in [0.25, 0.3) is 0 Å². The molecule has 2 amide bonds. The van der Waals surface area contributed by atoms with Crippen molar-refractivity contribution < 1.29 is 14.5 Å². The van der Waals surface area contributed by atoms with E-state index in [1.165, 1.54) is 12.1 Å². The van der Waals surface area contributed by atoms with Crippen molar-refractivity contribution in [2.75, 3.05) is 11.9 Å². The minimum atomic E-state index is -0.806. The summed E-state index contributed by atoms with van der Waals surface area (Å²) in [6.07, 6.45) is 0. The second-order valence-corrected chi connectivity index (χ2v) is 5.19. The summed E-state index contributed by atoms with van der Waals surface area (Å²) in [5.74, 6) is -0.978. The van der Waals surface area contributed by atoms with Crippen LogP contribution >= 0.6 is 11.6 Å². The van der Waals surface area contributed by atoms with Crippen LogP contribution in [-0.4, -0.2) is 28.3 Å². The molecule has 1 aromatic carbocycles. The Morgan fingerprint density at radius 1 is 1.25 bits per heavy atom. The van der Waals surface area contributed by atoms with E-state index in [1.807, 2.05) is 0 Å². The molecule has 2 rings (SSSR count). The zero-order valence-electron chi connectivity index (χ0n) is 12.6. The molecular formula is C15H13ClN4O4. The number of hydrogen-bond acceptors (Lipinski definition) is 5. The lowest BCUT2D eigenvalue weighted by atomic mass is 10.1. The normalized spacial score (nSPS) is 10.1. The summed E-state index contributed by atoms with van der Waals surface area (Å²) in [5, 5.41) is 15.7.